The summed E-state index contributed by atoms with van der Waals surface area (Å²) in [6.07, 6.45) is 0. The number of hydrogen-bond donors (Lipinski definition) is 0. The maximum absolute atomic E-state index is 11.0. The largest absolute Gasteiger partial charge is 0.456 e. The van der Waals surface area contributed by atoms with Gasteiger partial charge in [-0.25, -0.2) is 0 Å². The maximum atomic E-state index is 11.0. The Labute approximate surface area is 328 Å². The molecule has 6 heteroatoms. The molecule has 0 unspecified atom stereocenters. The first-order valence-corrected chi connectivity index (χ1v) is 19.2. The summed E-state index contributed by atoms with van der Waals surface area (Å²) in [7, 11) is 0. The Kier molecular flexibility index (Phi) is 5.94. The molecule has 0 aliphatic rings. The third kappa shape index (κ3) is 3.88. The quantitative estimate of drug-likeness (QED) is 0.177. The van der Waals surface area contributed by atoms with Crippen LogP contribution in [-0.4, -0.2) is 9.13 Å². The van der Waals surface area contributed by atoms with Gasteiger partial charge in [-0.1, -0.05) is 97.1 Å². The number of benzene rings is 9. The summed E-state index contributed by atoms with van der Waals surface area (Å²) in [6, 6.07) is 58.7. The molecule has 266 valence electrons. The summed E-state index contributed by atoms with van der Waals surface area (Å²) in [5.74, 6) is 0. The predicted molar refractivity (Wildman–Crippen MR) is 234 cm³/mol. The van der Waals surface area contributed by atoms with Crippen LogP contribution in [0.25, 0.3) is 120 Å². The van der Waals surface area contributed by atoms with Crippen LogP contribution in [0.15, 0.2) is 167 Å². The van der Waals surface area contributed by atoms with Crippen LogP contribution in [-0.2, 0) is 0 Å². The van der Waals surface area contributed by atoms with Crippen molar-refractivity contribution in [2.75, 3.05) is 0 Å². The van der Waals surface area contributed by atoms with Gasteiger partial charge in [0.2, 0.25) is 0 Å². The Bertz CT molecular complexity index is 3800. The van der Waals surface area contributed by atoms with E-state index in [1.165, 1.54) is 0 Å². The minimum absolute atomic E-state index is 0.450. The van der Waals surface area contributed by atoms with Crippen molar-refractivity contribution in [2.45, 2.75) is 0 Å². The molecule has 0 saturated carbocycles. The van der Waals surface area contributed by atoms with Gasteiger partial charge < -0.3 is 18.0 Å². The number of nitrogens with zero attached hydrogens (tertiary/aromatic N) is 4. The van der Waals surface area contributed by atoms with E-state index in [1.54, 1.807) is 0 Å². The molecule has 13 aromatic rings. The van der Waals surface area contributed by atoms with Crippen molar-refractivity contribution < 1.29 is 8.83 Å². The molecule has 58 heavy (non-hydrogen) atoms. The number of furan rings is 2. The average molecular weight is 739 g/mol. The predicted octanol–water partition coefficient (Wildman–Crippen LogP) is 13.7. The van der Waals surface area contributed by atoms with Gasteiger partial charge in [-0.15, -0.1) is 0 Å². The summed E-state index contributed by atoms with van der Waals surface area (Å²) in [4.78, 5) is 0. The Morgan fingerprint density at radius 2 is 0.724 bits per heavy atom. The molecule has 9 aromatic carbocycles. The third-order valence-corrected chi connectivity index (χ3v) is 12.2. The highest BCUT2D eigenvalue weighted by molar-refractivity contribution is 6.33. The number of aromatic nitrogens is 2. The molecule has 4 heterocycles. The van der Waals surface area contributed by atoms with Crippen LogP contribution in [0, 0.1) is 22.7 Å². The molecule has 0 atom stereocenters. The third-order valence-electron chi connectivity index (χ3n) is 12.2. The minimum atomic E-state index is 0.450. The molecule has 0 saturated heterocycles. The Balaban J connectivity index is 1.13. The summed E-state index contributed by atoms with van der Waals surface area (Å²) in [5, 5.41) is 34.9. The standard InChI is InChI=1S/C52H26N4O2/c53-27-31-26-42(56-38-16-8-6-14-36(38)48-40(56)20-24-46-52(48)50-34-12-4-2-10-30(34)18-22-44(50)58-46)32(28-54)25-41(31)55-37-15-7-5-13-35(37)47-39(55)19-23-45-51(47)49-33-11-3-1-9-29(33)17-21-43(49)57-45/h1-26H. The fraction of sp³-hybridized carbons (Fsp3) is 0. The van der Waals surface area contributed by atoms with Crippen LogP contribution in [0.3, 0.4) is 0 Å². The fourth-order valence-corrected chi connectivity index (χ4v) is 9.82. The Morgan fingerprint density at radius 3 is 1.17 bits per heavy atom. The summed E-state index contributed by atoms with van der Waals surface area (Å²) < 4.78 is 17.3. The van der Waals surface area contributed by atoms with E-state index in [0.717, 1.165) is 109 Å². The number of hydrogen-bond acceptors (Lipinski definition) is 4. The number of nitriles is 2. The molecule has 6 nitrogen and oxygen atoms in total. The van der Waals surface area contributed by atoms with Crippen LogP contribution in [0.4, 0.5) is 0 Å². The van der Waals surface area contributed by atoms with E-state index in [2.05, 4.69) is 118 Å². The maximum Gasteiger partial charge on any atom is 0.136 e. The summed E-state index contributed by atoms with van der Waals surface area (Å²) in [5.41, 5.74) is 9.16. The van der Waals surface area contributed by atoms with Gasteiger partial charge in [0, 0.05) is 43.1 Å². The van der Waals surface area contributed by atoms with Crippen molar-refractivity contribution in [1.82, 2.24) is 9.13 Å². The van der Waals surface area contributed by atoms with E-state index in [9.17, 15) is 10.5 Å². The van der Waals surface area contributed by atoms with Gasteiger partial charge in [-0.2, -0.15) is 10.5 Å². The van der Waals surface area contributed by atoms with Crippen LogP contribution in [0.1, 0.15) is 11.1 Å². The van der Waals surface area contributed by atoms with Crippen molar-refractivity contribution in [1.29, 1.82) is 10.5 Å². The average Bonchev–Trinajstić information content (AvgIpc) is 4.03. The molecular formula is C52H26N4O2. The first kappa shape index (κ1) is 30.9. The molecule has 0 bridgehead atoms. The topological polar surface area (TPSA) is 83.7 Å². The lowest BCUT2D eigenvalue weighted by Crippen LogP contribution is -2.04. The summed E-state index contributed by atoms with van der Waals surface area (Å²) >= 11 is 0. The highest BCUT2D eigenvalue weighted by Gasteiger charge is 2.25. The fourth-order valence-electron chi connectivity index (χ4n) is 9.82. The van der Waals surface area contributed by atoms with Gasteiger partial charge in [-0.3, -0.25) is 0 Å². The van der Waals surface area contributed by atoms with Crippen molar-refractivity contribution in [2.24, 2.45) is 0 Å². The summed E-state index contributed by atoms with van der Waals surface area (Å²) in [6.45, 7) is 0. The first-order chi connectivity index (χ1) is 28.7. The van der Waals surface area contributed by atoms with Crippen LogP contribution in [0.5, 0.6) is 0 Å². The van der Waals surface area contributed by atoms with Gasteiger partial charge in [0.15, 0.2) is 0 Å². The molecule has 0 fully saturated rings. The van der Waals surface area contributed by atoms with Gasteiger partial charge in [-0.05, 0) is 82.2 Å². The lowest BCUT2D eigenvalue weighted by Gasteiger charge is -2.15. The van der Waals surface area contributed by atoms with E-state index in [0.29, 0.717) is 22.5 Å². The molecule has 0 N–H and O–H groups in total. The van der Waals surface area contributed by atoms with Gasteiger partial charge >= 0.3 is 0 Å². The Morgan fingerprint density at radius 1 is 0.345 bits per heavy atom. The van der Waals surface area contributed by atoms with Gasteiger partial charge in [0.05, 0.1) is 44.6 Å². The highest BCUT2D eigenvalue weighted by atomic mass is 16.3. The molecule has 0 amide bonds. The second-order valence-corrected chi connectivity index (χ2v) is 15.0. The number of fused-ring (bicyclic) bond motifs is 18. The van der Waals surface area contributed by atoms with E-state index >= 15 is 0 Å². The van der Waals surface area contributed by atoms with E-state index in [-0.39, 0.29) is 0 Å². The lowest BCUT2D eigenvalue weighted by molar-refractivity contribution is 0.669. The van der Waals surface area contributed by atoms with Crippen molar-refractivity contribution >= 4 is 109 Å². The van der Waals surface area contributed by atoms with Crippen molar-refractivity contribution in [3.63, 3.8) is 0 Å². The Hall–Kier alpha value is -8.32. The van der Waals surface area contributed by atoms with Crippen LogP contribution < -0.4 is 0 Å². The molecule has 4 aromatic heterocycles. The lowest BCUT2D eigenvalue weighted by atomic mass is 10.0. The van der Waals surface area contributed by atoms with Crippen molar-refractivity contribution in [3.05, 3.63) is 169 Å². The number of para-hydroxylation sites is 2. The molecule has 13 rings (SSSR count). The second-order valence-electron chi connectivity index (χ2n) is 15.0. The minimum Gasteiger partial charge on any atom is -0.456 e. The van der Waals surface area contributed by atoms with Crippen LogP contribution >= 0.6 is 0 Å². The van der Waals surface area contributed by atoms with Crippen molar-refractivity contribution in [3.8, 4) is 23.5 Å². The monoisotopic (exact) mass is 738 g/mol. The zero-order chi connectivity index (χ0) is 38.2. The first-order valence-electron chi connectivity index (χ1n) is 19.2. The molecule has 0 aliphatic heterocycles. The van der Waals surface area contributed by atoms with E-state index in [1.807, 2.05) is 60.7 Å². The van der Waals surface area contributed by atoms with E-state index < -0.39 is 0 Å². The van der Waals surface area contributed by atoms with E-state index in [4.69, 9.17) is 8.83 Å². The molecule has 0 radical (unpaired) electrons. The normalized spacial score (nSPS) is 12.1. The highest BCUT2D eigenvalue weighted by Crippen LogP contribution is 2.46. The molecule has 0 aliphatic carbocycles. The number of rotatable bonds is 2. The zero-order valence-electron chi connectivity index (χ0n) is 30.6. The second kappa shape index (κ2) is 11.1. The van der Waals surface area contributed by atoms with Gasteiger partial charge in [0.1, 0.15) is 34.5 Å². The molecular weight excluding hydrogens is 713 g/mol. The smallest absolute Gasteiger partial charge is 0.136 e. The zero-order valence-corrected chi connectivity index (χ0v) is 30.6. The van der Waals surface area contributed by atoms with Crippen LogP contribution in [0.2, 0.25) is 0 Å². The molecule has 0 spiro atoms. The van der Waals surface area contributed by atoms with Gasteiger partial charge in [0.25, 0.3) is 0 Å². The SMILES string of the molecule is N#Cc1cc(-n2c3ccccc3c3c4c(ccc32)oc2ccc3ccccc3c24)c(C#N)cc1-n1c2ccccc2c2c3c(ccc21)oc1ccc2ccccc2c13.